The van der Waals surface area contributed by atoms with Gasteiger partial charge in [-0.1, -0.05) is 13.0 Å². The fourth-order valence-corrected chi connectivity index (χ4v) is 4.34. The summed E-state index contributed by atoms with van der Waals surface area (Å²) in [4.78, 5) is 18.1. The van der Waals surface area contributed by atoms with Gasteiger partial charge in [-0.15, -0.1) is 24.0 Å². The molecule has 3 unspecified atom stereocenters. The van der Waals surface area contributed by atoms with Crippen LogP contribution in [0.4, 0.5) is 5.82 Å². The van der Waals surface area contributed by atoms with E-state index in [1.807, 2.05) is 25.8 Å². The topological polar surface area (TPSA) is 70.8 Å². The summed E-state index contributed by atoms with van der Waals surface area (Å²) in [5, 5.41) is 3.52. The number of anilines is 1. The number of guanidine groups is 1. The van der Waals surface area contributed by atoms with Crippen LogP contribution in [0, 0.1) is 5.92 Å². The molecule has 170 valence electrons. The number of hydrogen-bond acceptors (Lipinski definition) is 5. The van der Waals surface area contributed by atoms with Crippen molar-refractivity contribution in [1.29, 1.82) is 0 Å². The minimum Gasteiger partial charge on any atom is -0.375 e. The number of aromatic nitrogens is 3. The largest absolute Gasteiger partial charge is 0.375 e. The lowest BCUT2D eigenvalue weighted by atomic mass is 9.93. The molecule has 2 aromatic heterocycles. The highest BCUT2D eigenvalue weighted by Gasteiger charge is 2.28. The number of nitrogens with zero attached hydrogens (tertiary/aromatic N) is 6. The molecule has 2 saturated heterocycles. The Kier molecular flexibility index (Phi) is 8.53. The van der Waals surface area contributed by atoms with Gasteiger partial charge >= 0.3 is 0 Å². The number of likely N-dealkylation sites (tertiary alicyclic amines) is 1. The first kappa shape index (κ1) is 23.8. The van der Waals surface area contributed by atoms with Gasteiger partial charge in [-0.3, -0.25) is 4.99 Å². The summed E-state index contributed by atoms with van der Waals surface area (Å²) >= 11 is 0. The number of nitrogens with one attached hydrogen (secondary N) is 1. The first-order valence-electron chi connectivity index (χ1n) is 10.9. The van der Waals surface area contributed by atoms with E-state index < -0.39 is 0 Å². The maximum Gasteiger partial charge on any atom is 0.193 e. The fourth-order valence-electron chi connectivity index (χ4n) is 4.34. The van der Waals surface area contributed by atoms with Gasteiger partial charge in [-0.2, -0.15) is 0 Å². The van der Waals surface area contributed by atoms with Gasteiger partial charge in [-0.05, 0) is 30.9 Å². The monoisotopic (exact) mass is 539 g/mol. The van der Waals surface area contributed by atoms with Crippen LogP contribution in [0.25, 0.3) is 0 Å². The molecule has 2 fully saturated rings. The van der Waals surface area contributed by atoms with Crippen molar-refractivity contribution < 1.29 is 4.74 Å². The third kappa shape index (κ3) is 5.88. The molecule has 4 heterocycles. The van der Waals surface area contributed by atoms with E-state index >= 15 is 0 Å². The summed E-state index contributed by atoms with van der Waals surface area (Å²) in [7, 11) is 1.85. The third-order valence-corrected chi connectivity index (χ3v) is 6.16. The highest BCUT2D eigenvalue weighted by molar-refractivity contribution is 14.0. The molecule has 0 radical (unpaired) electrons. The molecular formula is C22H34IN7O. The number of imidazole rings is 1. The summed E-state index contributed by atoms with van der Waals surface area (Å²) < 4.78 is 7.85. The smallest absolute Gasteiger partial charge is 0.193 e. The second-order valence-electron chi connectivity index (χ2n) is 8.34. The lowest BCUT2D eigenvalue weighted by molar-refractivity contribution is 0.0529. The van der Waals surface area contributed by atoms with Gasteiger partial charge in [0.2, 0.25) is 0 Å². The normalized spacial score (nSPS) is 24.6. The maximum atomic E-state index is 5.62. The average Bonchev–Trinajstić information content (AvgIpc) is 3.30. The van der Waals surface area contributed by atoms with E-state index in [-0.39, 0.29) is 30.1 Å². The molecular weight excluding hydrogens is 505 g/mol. The molecule has 0 aliphatic carbocycles. The number of pyridine rings is 1. The number of ether oxygens (including phenoxy) is 1. The Morgan fingerprint density at radius 1 is 1.26 bits per heavy atom. The van der Waals surface area contributed by atoms with Crippen molar-refractivity contribution in [2.24, 2.45) is 10.9 Å². The summed E-state index contributed by atoms with van der Waals surface area (Å²) in [6.45, 7) is 9.63. The predicted molar refractivity (Wildman–Crippen MR) is 134 cm³/mol. The second kappa shape index (κ2) is 11.1. The number of morpholine rings is 1. The highest BCUT2D eigenvalue weighted by atomic mass is 127. The van der Waals surface area contributed by atoms with Crippen LogP contribution in [0.2, 0.25) is 0 Å². The number of halogens is 1. The zero-order chi connectivity index (χ0) is 20.9. The van der Waals surface area contributed by atoms with Crippen molar-refractivity contribution in [3.05, 3.63) is 42.6 Å². The van der Waals surface area contributed by atoms with E-state index in [2.05, 4.69) is 66.8 Å². The zero-order valence-corrected chi connectivity index (χ0v) is 21.0. The molecule has 2 aliphatic heterocycles. The van der Waals surface area contributed by atoms with Gasteiger partial charge in [-0.25, -0.2) is 9.97 Å². The van der Waals surface area contributed by atoms with Gasteiger partial charge in [0.05, 0.1) is 25.1 Å². The lowest BCUT2D eigenvalue weighted by Gasteiger charge is -2.39. The van der Waals surface area contributed by atoms with E-state index in [0.29, 0.717) is 18.5 Å². The Hall–Kier alpha value is -1.88. The molecule has 2 aliphatic rings. The minimum absolute atomic E-state index is 0. The minimum atomic E-state index is 0. The standard InChI is InChI=1S/C22H33N7O.HI/c1-17-6-8-28(15-20(17)29-9-7-24-16-29)22(23-3)26-13-19-4-5-21(25-12-19)27-10-11-30-18(2)14-27;/h4-5,7,9,12,16-18,20H,6,8,10-11,13-15H2,1-3H3,(H,23,26);1H. The predicted octanol–water partition coefficient (Wildman–Crippen LogP) is 2.78. The first-order valence-corrected chi connectivity index (χ1v) is 10.9. The van der Waals surface area contributed by atoms with Crippen molar-refractivity contribution in [2.75, 3.05) is 44.7 Å². The van der Waals surface area contributed by atoms with Crippen LogP contribution >= 0.6 is 24.0 Å². The van der Waals surface area contributed by atoms with Crippen molar-refractivity contribution in [1.82, 2.24) is 24.8 Å². The molecule has 0 bridgehead atoms. The van der Waals surface area contributed by atoms with Gasteiger partial charge in [0, 0.05) is 58.4 Å². The Labute approximate surface area is 202 Å². The van der Waals surface area contributed by atoms with Crippen LogP contribution < -0.4 is 10.2 Å². The van der Waals surface area contributed by atoms with E-state index in [9.17, 15) is 0 Å². The van der Waals surface area contributed by atoms with Crippen LogP contribution in [0.1, 0.15) is 31.9 Å². The van der Waals surface area contributed by atoms with Crippen molar-refractivity contribution in [3.8, 4) is 0 Å². The number of hydrogen-bond donors (Lipinski definition) is 1. The molecule has 3 atom stereocenters. The third-order valence-electron chi connectivity index (χ3n) is 6.16. The summed E-state index contributed by atoms with van der Waals surface area (Å²) in [5.74, 6) is 2.58. The fraction of sp³-hybridized carbons (Fsp3) is 0.591. The molecule has 0 spiro atoms. The van der Waals surface area contributed by atoms with Crippen molar-refractivity contribution >= 4 is 35.8 Å². The van der Waals surface area contributed by atoms with Crippen LogP contribution in [0.5, 0.6) is 0 Å². The van der Waals surface area contributed by atoms with E-state index in [4.69, 9.17) is 4.74 Å². The summed E-state index contributed by atoms with van der Waals surface area (Å²) in [6.07, 6.45) is 9.18. The molecule has 9 heteroatoms. The van der Waals surface area contributed by atoms with Gasteiger partial charge in [0.15, 0.2) is 5.96 Å². The van der Waals surface area contributed by atoms with Crippen LogP contribution in [-0.2, 0) is 11.3 Å². The van der Waals surface area contributed by atoms with Gasteiger partial charge < -0.3 is 24.4 Å². The van der Waals surface area contributed by atoms with Crippen LogP contribution in [0.3, 0.4) is 0 Å². The van der Waals surface area contributed by atoms with Crippen LogP contribution in [-0.4, -0.2) is 71.3 Å². The molecule has 2 aromatic rings. The molecule has 8 nitrogen and oxygen atoms in total. The maximum absolute atomic E-state index is 5.62. The quantitative estimate of drug-likeness (QED) is 0.366. The average molecular weight is 539 g/mol. The molecule has 1 N–H and O–H groups in total. The van der Waals surface area contributed by atoms with E-state index in [1.165, 1.54) is 0 Å². The van der Waals surface area contributed by atoms with E-state index in [1.54, 1.807) is 0 Å². The number of rotatable bonds is 4. The Balaban J connectivity index is 0.00000272. The molecule has 0 amide bonds. The summed E-state index contributed by atoms with van der Waals surface area (Å²) in [5.41, 5.74) is 1.15. The molecule has 0 aromatic carbocycles. The van der Waals surface area contributed by atoms with E-state index in [0.717, 1.165) is 56.5 Å². The summed E-state index contributed by atoms with van der Waals surface area (Å²) in [6, 6.07) is 4.67. The van der Waals surface area contributed by atoms with Crippen LogP contribution in [0.15, 0.2) is 42.0 Å². The van der Waals surface area contributed by atoms with Crippen molar-refractivity contribution in [3.63, 3.8) is 0 Å². The Morgan fingerprint density at radius 3 is 2.81 bits per heavy atom. The SMILES string of the molecule is CN=C(NCc1ccc(N2CCOC(C)C2)nc1)N1CCC(C)C(n2ccnc2)C1.I. The Bertz CT molecular complexity index is 827. The highest BCUT2D eigenvalue weighted by Crippen LogP contribution is 2.27. The van der Waals surface area contributed by atoms with Gasteiger partial charge in [0.1, 0.15) is 5.82 Å². The Morgan fingerprint density at radius 2 is 2.13 bits per heavy atom. The first-order chi connectivity index (χ1) is 14.6. The number of piperidine rings is 1. The van der Waals surface area contributed by atoms with Gasteiger partial charge in [0.25, 0.3) is 0 Å². The lowest BCUT2D eigenvalue weighted by Crippen LogP contribution is -2.48. The molecule has 0 saturated carbocycles. The second-order valence-corrected chi connectivity index (χ2v) is 8.34. The molecule has 31 heavy (non-hydrogen) atoms. The molecule has 4 rings (SSSR count). The zero-order valence-electron chi connectivity index (χ0n) is 18.6. The van der Waals surface area contributed by atoms with Crippen molar-refractivity contribution in [2.45, 2.75) is 39.0 Å². The number of aliphatic imine (C=N–C) groups is 1.